The van der Waals surface area contributed by atoms with Crippen LogP contribution in [0.3, 0.4) is 0 Å². The van der Waals surface area contributed by atoms with Gasteiger partial charge in [-0.1, -0.05) is 42.0 Å². The number of aryl methyl sites for hydroxylation is 1. The van der Waals surface area contributed by atoms with Gasteiger partial charge >= 0.3 is 0 Å². The van der Waals surface area contributed by atoms with Gasteiger partial charge in [-0.25, -0.2) is 0 Å². The molecule has 134 valence electrons. The zero-order valence-corrected chi connectivity index (χ0v) is 14.6. The van der Waals surface area contributed by atoms with Gasteiger partial charge in [0.25, 0.3) is 0 Å². The van der Waals surface area contributed by atoms with Crippen LogP contribution in [0, 0.1) is 6.92 Å². The SMILES string of the molecule is Cc1ccc(C(=O)COc2c(-c3ccco3)oc3ccccc3c2=O)cc1. The van der Waals surface area contributed by atoms with Crippen molar-refractivity contribution in [2.24, 2.45) is 0 Å². The lowest BCUT2D eigenvalue weighted by molar-refractivity contribution is 0.0920. The second-order valence-electron chi connectivity index (χ2n) is 6.14. The molecule has 2 aromatic carbocycles. The second-order valence-corrected chi connectivity index (χ2v) is 6.14. The minimum atomic E-state index is -0.347. The van der Waals surface area contributed by atoms with E-state index in [9.17, 15) is 9.59 Å². The Morgan fingerprint density at radius 1 is 1.00 bits per heavy atom. The van der Waals surface area contributed by atoms with Gasteiger partial charge in [0.15, 0.2) is 18.2 Å². The van der Waals surface area contributed by atoms with E-state index in [0.29, 0.717) is 22.3 Å². The summed E-state index contributed by atoms with van der Waals surface area (Å²) in [6, 6.07) is 17.4. The first-order valence-electron chi connectivity index (χ1n) is 8.46. The van der Waals surface area contributed by atoms with Crippen molar-refractivity contribution in [3.05, 3.63) is 88.3 Å². The third-order valence-electron chi connectivity index (χ3n) is 4.22. The Bertz CT molecular complexity index is 1150. The van der Waals surface area contributed by atoms with Crippen LogP contribution >= 0.6 is 0 Å². The van der Waals surface area contributed by atoms with Gasteiger partial charge in [0, 0.05) is 5.56 Å². The molecule has 0 amide bonds. The molecule has 5 heteroatoms. The molecule has 5 nitrogen and oxygen atoms in total. The van der Waals surface area contributed by atoms with E-state index < -0.39 is 0 Å². The van der Waals surface area contributed by atoms with Crippen molar-refractivity contribution in [2.45, 2.75) is 6.92 Å². The monoisotopic (exact) mass is 360 g/mol. The van der Waals surface area contributed by atoms with Crippen LogP contribution in [0.1, 0.15) is 15.9 Å². The van der Waals surface area contributed by atoms with E-state index in [2.05, 4.69) is 0 Å². The predicted octanol–water partition coefficient (Wildman–Crippen LogP) is 4.62. The number of hydrogen-bond acceptors (Lipinski definition) is 5. The zero-order chi connectivity index (χ0) is 18.8. The summed E-state index contributed by atoms with van der Waals surface area (Å²) in [6.07, 6.45) is 1.48. The highest BCUT2D eigenvalue weighted by Crippen LogP contribution is 2.31. The number of furan rings is 1. The molecule has 0 aliphatic carbocycles. The maximum atomic E-state index is 12.9. The highest BCUT2D eigenvalue weighted by atomic mass is 16.5. The summed E-state index contributed by atoms with van der Waals surface area (Å²) in [6.45, 7) is 1.67. The Kier molecular flexibility index (Phi) is 4.34. The molecule has 0 saturated heterocycles. The molecule has 27 heavy (non-hydrogen) atoms. The molecule has 0 bridgehead atoms. The predicted molar refractivity (Wildman–Crippen MR) is 101 cm³/mol. The summed E-state index contributed by atoms with van der Waals surface area (Å²) in [4.78, 5) is 25.3. The fourth-order valence-electron chi connectivity index (χ4n) is 2.79. The van der Waals surface area contributed by atoms with Gasteiger partial charge in [0.1, 0.15) is 5.58 Å². The minimum Gasteiger partial charge on any atom is -0.478 e. The summed E-state index contributed by atoms with van der Waals surface area (Å²) in [7, 11) is 0. The molecular weight excluding hydrogens is 344 g/mol. The van der Waals surface area contributed by atoms with Crippen LogP contribution in [0.4, 0.5) is 0 Å². The first-order valence-corrected chi connectivity index (χ1v) is 8.46. The van der Waals surface area contributed by atoms with Gasteiger partial charge in [-0.15, -0.1) is 0 Å². The molecule has 2 heterocycles. The molecule has 4 aromatic rings. The average molecular weight is 360 g/mol. The van der Waals surface area contributed by atoms with Gasteiger partial charge in [-0.3, -0.25) is 9.59 Å². The quantitative estimate of drug-likeness (QED) is 0.486. The molecular formula is C22H16O5. The Labute approximate surface area is 154 Å². The summed E-state index contributed by atoms with van der Waals surface area (Å²) < 4.78 is 16.8. The highest BCUT2D eigenvalue weighted by Gasteiger charge is 2.20. The van der Waals surface area contributed by atoms with Crippen molar-refractivity contribution in [1.29, 1.82) is 0 Å². The van der Waals surface area contributed by atoms with Crippen molar-refractivity contribution < 1.29 is 18.4 Å². The summed E-state index contributed by atoms with van der Waals surface area (Å²) >= 11 is 0. The Balaban J connectivity index is 1.72. The van der Waals surface area contributed by atoms with E-state index in [1.54, 1.807) is 48.5 Å². The van der Waals surface area contributed by atoms with Gasteiger partial charge in [0.2, 0.25) is 16.9 Å². The summed E-state index contributed by atoms with van der Waals surface area (Å²) in [5, 5.41) is 0.380. The van der Waals surface area contributed by atoms with Crippen LogP contribution in [0.2, 0.25) is 0 Å². The van der Waals surface area contributed by atoms with Gasteiger partial charge in [-0.05, 0) is 31.2 Å². The summed E-state index contributed by atoms with van der Waals surface area (Å²) in [5.74, 6) is 0.258. The lowest BCUT2D eigenvalue weighted by Gasteiger charge is -2.10. The second kappa shape index (κ2) is 6.96. The van der Waals surface area contributed by atoms with E-state index in [-0.39, 0.29) is 29.3 Å². The van der Waals surface area contributed by atoms with Crippen molar-refractivity contribution in [3.8, 4) is 17.3 Å². The fraction of sp³-hybridized carbons (Fsp3) is 0.0909. The number of Topliss-reactive ketones (excluding diaryl/α,β-unsaturated/α-hetero) is 1. The first kappa shape index (κ1) is 16.8. The third kappa shape index (κ3) is 3.27. The molecule has 0 unspecified atom stereocenters. The van der Waals surface area contributed by atoms with Crippen molar-refractivity contribution >= 4 is 16.8 Å². The molecule has 0 aliphatic rings. The van der Waals surface area contributed by atoms with Gasteiger partial charge in [0.05, 0.1) is 11.6 Å². The lowest BCUT2D eigenvalue weighted by Crippen LogP contribution is -2.17. The lowest BCUT2D eigenvalue weighted by atomic mass is 10.1. The molecule has 0 aliphatic heterocycles. The number of fused-ring (bicyclic) bond motifs is 1. The average Bonchev–Trinajstić information content (AvgIpc) is 3.22. The van der Waals surface area contributed by atoms with Crippen LogP contribution in [0.25, 0.3) is 22.5 Å². The van der Waals surface area contributed by atoms with Crippen LogP contribution in [-0.4, -0.2) is 12.4 Å². The number of hydrogen-bond donors (Lipinski definition) is 0. The Hall–Kier alpha value is -3.60. The maximum Gasteiger partial charge on any atom is 0.235 e. The summed E-state index contributed by atoms with van der Waals surface area (Å²) in [5.41, 5.74) is 1.65. The van der Waals surface area contributed by atoms with Crippen LogP contribution in [0.15, 0.2) is 80.6 Å². The Morgan fingerprint density at radius 2 is 1.78 bits per heavy atom. The largest absolute Gasteiger partial charge is 0.478 e. The maximum absolute atomic E-state index is 12.9. The third-order valence-corrected chi connectivity index (χ3v) is 4.22. The topological polar surface area (TPSA) is 69.7 Å². The normalized spacial score (nSPS) is 10.9. The van der Waals surface area contributed by atoms with E-state index in [1.165, 1.54) is 6.26 Å². The van der Waals surface area contributed by atoms with E-state index >= 15 is 0 Å². The van der Waals surface area contributed by atoms with Crippen LogP contribution in [-0.2, 0) is 0 Å². The number of carbonyl (C=O) groups is 1. The number of para-hydroxylation sites is 1. The standard InChI is InChI=1S/C22H16O5/c1-14-8-10-15(11-9-14)17(23)13-26-22-20(24)16-5-2-3-6-18(16)27-21(22)19-7-4-12-25-19/h2-12H,13H2,1H3. The highest BCUT2D eigenvalue weighted by molar-refractivity contribution is 5.97. The fourth-order valence-corrected chi connectivity index (χ4v) is 2.79. The number of ketones is 1. The van der Waals surface area contributed by atoms with Crippen molar-refractivity contribution in [2.75, 3.05) is 6.61 Å². The Morgan fingerprint density at radius 3 is 2.52 bits per heavy atom. The number of rotatable bonds is 5. The van der Waals surface area contributed by atoms with Crippen LogP contribution < -0.4 is 10.2 Å². The van der Waals surface area contributed by atoms with Crippen LogP contribution in [0.5, 0.6) is 5.75 Å². The first-order chi connectivity index (χ1) is 13.1. The molecule has 2 aromatic heterocycles. The minimum absolute atomic E-state index is 0.0379. The van der Waals surface area contributed by atoms with Crippen molar-refractivity contribution in [1.82, 2.24) is 0 Å². The van der Waals surface area contributed by atoms with E-state index in [0.717, 1.165) is 5.56 Å². The smallest absolute Gasteiger partial charge is 0.235 e. The van der Waals surface area contributed by atoms with Gasteiger partial charge in [-0.2, -0.15) is 0 Å². The molecule has 0 fully saturated rings. The number of benzene rings is 2. The van der Waals surface area contributed by atoms with Gasteiger partial charge < -0.3 is 13.6 Å². The van der Waals surface area contributed by atoms with E-state index in [4.69, 9.17) is 13.6 Å². The molecule has 0 atom stereocenters. The molecule has 4 rings (SSSR count). The molecule has 0 saturated carbocycles. The number of ether oxygens (including phenoxy) is 1. The number of carbonyl (C=O) groups excluding carboxylic acids is 1. The molecule has 0 radical (unpaired) electrons. The van der Waals surface area contributed by atoms with Crippen molar-refractivity contribution in [3.63, 3.8) is 0 Å². The van der Waals surface area contributed by atoms with E-state index in [1.807, 2.05) is 19.1 Å². The molecule has 0 N–H and O–H groups in total. The molecule has 0 spiro atoms. The zero-order valence-electron chi connectivity index (χ0n) is 14.6.